The van der Waals surface area contributed by atoms with Crippen LogP contribution in [0.4, 0.5) is 10.1 Å². The molecule has 27 heavy (non-hydrogen) atoms. The van der Waals surface area contributed by atoms with Crippen molar-refractivity contribution in [3.8, 4) is 17.0 Å². The van der Waals surface area contributed by atoms with Crippen molar-refractivity contribution in [3.63, 3.8) is 0 Å². The number of rotatable bonds is 2. The normalized spacial score (nSPS) is 14.5. The molecule has 0 bridgehead atoms. The van der Waals surface area contributed by atoms with E-state index >= 15 is 0 Å². The molecule has 6 nitrogen and oxygen atoms in total. The Bertz CT molecular complexity index is 1180. The van der Waals surface area contributed by atoms with Crippen LogP contribution in [0.15, 0.2) is 36.7 Å². The van der Waals surface area contributed by atoms with Crippen molar-refractivity contribution < 1.29 is 9.50 Å². The number of anilines is 1. The maximum absolute atomic E-state index is 14.5. The van der Waals surface area contributed by atoms with Gasteiger partial charge in [-0.15, -0.1) is 0 Å². The number of hydrogen-bond acceptors (Lipinski definition) is 5. The van der Waals surface area contributed by atoms with Crippen LogP contribution in [0.2, 0.25) is 0 Å². The molecule has 1 aromatic carbocycles. The predicted molar refractivity (Wildman–Crippen MR) is 102 cm³/mol. The topological polar surface area (TPSA) is 67.1 Å². The summed E-state index contributed by atoms with van der Waals surface area (Å²) in [6.45, 7) is 2.11. The van der Waals surface area contributed by atoms with E-state index < -0.39 is 11.6 Å². The highest BCUT2D eigenvalue weighted by Gasteiger charge is 2.18. The highest BCUT2D eigenvalue weighted by atomic mass is 19.1. The summed E-state index contributed by atoms with van der Waals surface area (Å²) in [6.07, 6.45) is 5.95. The van der Waals surface area contributed by atoms with E-state index in [2.05, 4.69) is 26.0 Å². The van der Waals surface area contributed by atoms with E-state index in [1.54, 1.807) is 25.4 Å². The van der Waals surface area contributed by atoms with Crippen LogP contribution in [0.25, 0.3) is 33.2 Å². The van der Waals surface area contributed by atoms with Crippen molar-refractivity contribution >= 4 is 27.6 Å². The fourth-order valence-electron chi connectivity index (χ4n) is 3.73. The first kappa shape index (κ1) is 16.0. The number of halogens is 1. The van der Waals surface area contributed by atoms with Crippen LogP contribution in [-0.4, -0.2) is 37.9 Å². The van der Waals surface area contributed by atoms with Gasteiger partial charge in [0.15, 0.2) is 17.2 Å². The van der Waals surface area contributed by atoms with Gasteiger partial charge in [0.25, 0.3) is 0 Å². The third kappa shape index (κ3) is 2.58. The van der Waals surface area contributed by atoms with Crippen molar-refractivity contribution in [2.24, 2.45) is 7.05 Å². The minimum Gasteiger partial charge on any atom is -0.504 e. The van der Waals surface area contributed by atoms with Crippen molar-refractivity contribution in [2.45, 2.75) is 12.8 Å². The Morgan fingerprint density at radius 2 is 1.93 bits per heavy atom. The molecule has 5 rings (SSSR count). The van der Waals surface area contributed by atoms with Crippen molar-refractivity contribution in [2.75, 3.05) is 18.0 Å². The first-order chi connectivity index (χ1) is 13.1. The van der Waals surface area contributed by atoms with Gasteiger partial charge in [-0.05, 0) is 37.1 Å². The summed E-state index contributed by atoms with van der Waals surface area (Å²) < 4.78 is 16.0. The van der Waals surface area contributed by atoms with Crippen LogP contribution in [0.5, 0.6) is 5.75 Å². The quantitative estimate of drug-likeness (QED) is 0.589. The van der Waals surface area contributed by atoms with Gasteiger partial charge in [0.2, 0.25) is 0 Å². The third-order valence-corrected chi connectivity index (χ3v) is 5.10. The summed E-state index contributed by atoms with van der Waals surface area (Å²) in [7, 11) is 1.71. The van der Waals surface area contributed by atoms with E-state index in [0.717, 1.165) is 24.2 Å². The number of nitrogens with zero attached hydrogens (tertiary/aromatic N) is 5. The summed E-state index contributed by atoms with van der Waals surface area (Å²) in [5.74, 6) is -1.18. The minimum absolute atomic E-state index is 0.146. The molecule has 0 spiro atoms. The number of phenols is 1. The molecule has 4 heterocycles. The van der Waals surface area contributed by atoms with Crippen LogP contribution in [0.3, 0.4) is 0 Å². The van der Waals surface area contributed by atoms with Gasteiger partial charge in [-0.1, -0.05) is 0 Å². The number of phenolic OH excluding ortho intramolecular Hbond substituents is 1. The Balaban J connectivity index is 1.61. The van der Waals surface area contributed by atoms with E-state index in [9.17, 15) is 9.50 Å². The average molecular weight is 363 g/mol. The number of aromatic nitrogens is 4. The Labute approximate surface area is 154 Å². The summed E-state index contributed by atoms with van der Waals surface area (Å²) in [6, 6.07) is 7.48. The molecule has 0 atom stereocenters. The lowest BCUT2D eigenvalue weighted by molar-refractivity contribution is 0.437. The molecule has 7 heteroatoms. The van der Waals surface area contributed by atoms with Crippen LogP contribution < -0.4 is 4.90 Å². The molecular formula is C20H18FN5O. The molecule has 4 aromatic rings. The highest BCUT2D eigenvalue weighted by molar-refractivity contribution is 5.89. The van der Waals surface area contributed by atoms with Crippen LogP contribution in [0.1, 0.15) is 12.8 Å². The molecule has 3 aromatic heterocycles. The second-order valence-electron chi connectivity index (χ2n) is 6.96. The summed E-state index contributed by atoms with van der Waals surface area (Å²) in [5, 5.41) is 15.9. The molecular weight excluding hydrogens is 345 g/mol. The Morgan fingerprint density at radius 3 is 2.74 bits per heavy atom. The fourth-order valence-corrected chi connectivity index (χ4v) is 3.73. The maximum atomic E-state index is 14.5. The molecule has 0 radical (unpaired) electrons. The lowest BCUT2D eigenvalue weighted by Gasteiger charge is -2.17. The van der Waals surface area contributed by atoms with Gasteiger partial charge in [0, 0.05) is 42.7 Å². The van der Waals surface area contributed by atoms with E-state index in [4.69, 9.17) is 0 Å². The molecule has 1 saturated heterocycles. The summed E-state index contributed by atoms with van der Waals surface area (Å²) in [5.41, 5.74) is 2.63. The van der Waals surface area contributed by atoms with Gasteiger partial charge >= 0.3 is 0 Å². The molecule has 1 N–H and O–H groups in total. The highest BCUT2D eigenvalue weighted by Crippen LogP contribution is 2.36. The van der Waals surface area contributed by atoms with Gasteiger partial charge in [0.1, 0.15) is 5.52 Å². The molecule has 0 unspecified atom stereocenters. The Morgan fingerprint density at radius 1 is 1.11 bits per heavy atom. The lowest BCUT2D eigenvalue weighted by Crippen LogP contribution is -2.17. The second kappa shape index (κ2) is 5.90. The molecule has 0 amide bonds. The number of pyridine rings is 2. The summed E-state index contributed by atoms with van der Waals surface area (Å²) >= 11 is 0. The number of benzene rings is 1. The van der Waals surface area contributed by atoms with Crippen molar-refractivity contribution in [1.29, 1.82) is 0 Å². The molecule has 0 saturated carbocycles. The number of aryl methyl sites for hydroxylation is 1. The van der Waals surface area contributed by atoms with E-state index in [1.807, 2.05) is 12.3 Å². The molecule has 1 fully saturated rings. The zero-order chi connectivity index (χ0) is 18.5. The van der Waals surface area contributed by atoms with Crippen LogP contribution >= 0.6 is 0 Å². The van der Waals surface area contributed by atoms with Crippen molar-refractivity contribution in [3.05, 3.63) is 42.5 Å². The Hall–Kier alpha value is -3.22. The van der Waals surface area contributed by atoms with Crippen LogP contribution in [-0.2, 0) is 7.05 Å². The van der Waals surface area contributed by atoms with Gasteiger partial charge in [-0.25, -0.2) is 14.4 Å². The second-order valence-corrected chi connectivity index (χ2v) is 6.96. The maximum Gasteiger partial charge on any atom is 0.193 e. The standard InChI is InChI=1S/C20H18FN5O/c1-25-11-13-9-15(19(27)17(21)18(13)24-25)16-5-4-12-8-14(10-22-20(12)23-16)26-6-2-3-7-26/h4-5,8-11,27H,2-3,6-7H2,1H3. The van der Waals surface area contributed by atoms with Gasteiger partial charge in [-0.3, -0.25) is 4.68 Å². The third-order valence-electron chi connectivity index (χ3n) is 5.10. The number of aromatic hydroxyl groups is 1. The van der Waals surface area contributed by atoms with E-state index in [-0.39, 0.29) is 5.52 Å². The number of fused-ring (bicyclic) bond motifs is 2. The predicted octanol–water partition coefficient (Wildman–Crippen LogP) is 3.63. The number of hydrogen-bond donors (Lipinski definition) is 1. The molecule has 1 aliphatic rings. The SMILES string of the molecule is Cn1cc2cc(-c3ccc4cc(N5CCCC5)cnc4n3)c(O)c(F)c2n1. The van der Waals surface area contributed by atoms with E-state index in [0.29, 0.717) is 22.3 Å². The van der Waals surface area contributed by atoms with Crippen LogP contribution in [0, 0.1) is 5.82 Å². The zero-order valence-corrected chi connectivity index (χ0v) is 14.9. The fraction of sp³-hybridized carbons (Fsp3) is 0.250. The van der Waals surface area contributed by atoms with Gasteiger partial charge < -0.3 is 10.0 Å². The summed E-state index contributed by atoms with van der Waals surface area (Å²) in [4.78, 5) is 11.3. The Kier molecular flexibility index (Phi) is 3.50. The van der Waals surface area contributed by atoms with Crippen molar-refractivity contribution in [1.82, 2.24) is 19.7 Å². The zero-order valence-electron chi connectivity index (χ0n) is 14.9. The smallest absolute Gasteiger partial charge is 0.193 e. The first-order valence-electron chi connectivity index (χ1n) is 8.97. The minimum atomic E-state index is -0.734. The largest absolute Gasteiger partial charge is 0.504 e. The van der Waals surface area contributed by atoms with Gasteiger partial charge in [0.05, 0.1) is 17.6 Å². The lowest BCUT2D eigenvalue weighted by atomic mass is 10.1. The molecule has 136 valence electrons. The molecule has 1 aliphatic heterocycles. The monoisotopic (exact) mass is 363 g/mol. The van der Waals surface area contributed by atoms with E-state index in [1.165, 1.54) is 17.5 Å². The van der Waals surface area contributed by atoms with Gasteiger partial charge in [-0.2, -0.15) is 5.10 Å². The first-order valence-corrected chi connectivity index (χ1v) is 8.97. The molecule has 0 aliphatic carbocycles. The average Bonchev–Trinajstić information content (AvgIpc) is 3.33.